The first-order valence-electron chi connectivity index (χ1n) is 9.46. The molecule has 178 valence electrons. The summed E-state index contributed by atoms with van der Waals surface area (Å²) in [6.45, 7) is -0.508. The van der Waals surface area contributed by atoms with Crippen LogP contribution in [0.2, 0.25) is 0 Å². The Labute approximate surface area is 202 Å². The van der Waals surface area contributed by atoms with Gasteiger partial charge in [0.15, 0.2) is 17.5 Å². The van der Waals surface area contributed by atoms with Crippen LogP contribution in [0.15, 0.2) is 35.3 Å². The second-order valence-corrected chi connectivity index (χ2v) is 6.18. The Balaban J connectivity index is 0.00000512. The van der Waals surface area contributed by atoms with Gasteiger partial charge in [0.1, 0.15) is 11.6 Å². The number of nitrogens with zero attached hydrogens (tertiary/aromatic N) is 1. The van der Waals surface area contributed by atoms with Crippen molar-refractivity contribution in [3.63, 3.8) is 0 Å². The highest BCUT2D eigenvalue weighted by Gasteiger charge is 2.15. The van der Waals surface area contributed by atoms with Crippen LogP contribution in [-0.4, -0.2) is 40.4 Å². The first kappa shape index (κ1) is 27.5. The Morgan fingerprint density at radius 2 is 1.66 bits per heavy atom. The van der Waals surface area contributed by atoms with Crippen LogP contribution in [0.4, 0.5) is 13.2 Å². The SMILES string of the molecule is CCNC(=NCc1cc(OC)c(OC)c(OC)c1)NCc1c(F)cccc1OC(F)F.I. The van der Waals surface area contributed by atoms with E-state index in [1.807, 2.05) is 6.92 Å². The first-order chi connectivity index (χ1) is 14.9. The highest BCUT2D eigenvalue weighted by molar-refractivity contribution is 14.0. The van der Waals surface area contributed by atoms with Crippen molar-refractivity contribution < 1.29 is 32.1 Å². The molecule has 0 aliphatic heterocycles. The molecule has 7 nitrogen and oxygen atoms in total. The molecular weight excluding hydrogens is 542 g/mol. The van der Waals surface area contributed by atoms with Gasteiger partial charge in [-0.05, 0) is 36.8 Å². The van der Waals surface area contributed by atoms with Crippen molar-refractivity contribution in [2.45, 2.75) is 26.6 Å². The van der Waals surface area contributed by atoms with Crippen LogP contribution in [0.5, 0.6) is 23.0 Å². The average molecular weight is 569 g/mol. The van der Waals surface area contributed by atoms with E-state index in [9.17, 15) is 13.2 Å². The van der Waals surface area contributed by atoms with E-state index in [4.69, 9.17) is 14.2 Å². The van der Waals surface area contributed by atoms with Crippen molar-refractivity contribution in [3.05, 3.63) is 47.3 Å². The lowest BCUT2D eigenvalue weighted by Crippen LogP contribution is -2.37. The molecule has 0 fully saturated rings. The molecule has 0 aromatic heterocycles. The normalized spacial score (nSPS) is 10.9. The van der Waals surface area contributed by atoms with E-state index in [0.29, 0.717) is 29.8 Å². The molecule has 0 unspecified atom stereocenters. The Morgan fingerprint density at radius 1 is 1.00 bits per heavy atom. The summed E-state index contributed by atoms with van der Waals surface area (Å²) < 4.78 is 59.8. The number of hydrogen-bond acceptors (Lipinski definition) is 5. The van der Waals surface area contributed by atoms with Gasteiger partial charge in [0.2, 0.25) is 5.75 Å². The number of ether oxygens (including phenoxy) is 4. The van der Waals surface area contributed by atoms with Gasteiger partial charge >= 0.3 is 6.61 Å². The van der Waals surface area contributed by atoms with E-state index in [1.165, 1.54) is 39.5 Å². The van der Waals surface area contributed by atoms with Gasteiger partial charge in [-0.25, -0.2) is 9.38 Å². The maximum atomic E-state index is 14.2. The molecule has 0 aliphatic carbocycles. The lowest BCUT2D eigenvalue weighted by Gasteiger charge is -2.16. The van der Waals surface area contributed by atoms with Crippen molar-refractivity contribution >= 4 is 29.9 Å². The summed E-state index contributed by atoms with van der Waals surface area (Å²) in [6.07, 6.45) is 0. The van der Waals surface area contributed by atoms with Gasteiger partial charge in [0, 0.05) is 18.7 Å². The fourth-order valence-corrected chi connectivity index (χ4v) is 2.83. The summed E-state index contributed by atoms with van der Waals surface area (Å²) in [7, 11) is 4.55. The number of aliphatic imine (C=N–C) groups is 1. The fourth-order valence-electron chi connectivity index (χ4n) is 2.83. The molecule has 0 atom stereocenters. The topological polar surface area (TPSA) is 73.3 Å². The number of nitrogens with one attached hydrogen (secondary N) is 2. The molecular formula is C21H27F3IN3O4. The third-order valence-electron chi connectivity index (χ3n) is 4.21. The quantitative estimate of drug-likeness (QED) is 0.252. The van der Waals surface area contributed by atoms with Crippen molar-refractivity contribution in [2.24, 2.45) is 4.99 Å². The summed E-state index contributed by atoms with van der Waals surface area (Å²) >= 11 is 0. The Bertz CT molecular complexity index is 876. The number of benzene rings is 2. The monoisotopic (exact) mass is 569 g/mol. The first-order valence-corrected chi connectivity index (χ1v) is 9.46. The van der Waals surface area contributed by atoms with Crippen molar-refractivity contribution in [1.82, 2.24) is 10.6 Å². The second kappa shape index (κ2) is 13.8. The van der Waals surface area contributed by atoms with Gasteiger partial charge in [0.05, 0.1) is 27.9 Å². The van der Waals surface area contributed by atoms with E-state index >= 15 is 0 Å². The number of guanidine groups is 1. The average Bonchev–Trinajstić information content (AvgIpc) is 2.75. The molecule has 0 heterocycles. The highest BCUT2D eigenvalue weighted by atomic mass is 127. The van der Waals surface area contributed by atoms with Crippen LogP contribution < -0.4 is 29.6 Å². The van der Waals surface area contributed by atoms with Gasteiger partial charge in [-0.3, -0.25) is 0 Å². The molecule has 0 aliphatic rings. The van der Waals surface area contributed by atoms with E-state index < -0.39 is 12.4 Å². The van der Waals surface area contributed by atoms with Gasteiger partial charge < -0.3 is 29.6 Å². The Kier molecular flexibility index (Phi) is 11.8. The molecule has 0 saturated carbocycles. The predicted molar refractivity (Wildman–Crippen MR) is 126 cm³/mol. The maximum Gasteiger partial charge on any atom is 0.387 e. The lowest BCUT2D eigenvalue weighted by molar-refractivity contribution is -0.0506. The van der Waals surface area contributed by atoms with Gasteiger partial charge in [-0.2, -0.15) is 8.78 Å². The fraction of sp³-hybridized carbons (Fsp3) is 0.381. The van der Waals surface area contributed by atoms with Crippen molar-refractivity contribution in [3.8, 4) is 23.0 Å². The van der Waals surface area contributed by atoms with Gasteiger partial charge in [-0.15, -0.1) is 24.0 Å². The van der Waals surface area contributed by atoms with E-state index in [-0.39, 0.29) is 48.4 Å². The lowest BCUT2D eigenvalue weighted by atomic mass is 10.2. The molecule has 2 aromatic carbocycles. The number of methoxy groups -OCH3 is 3. The van der Waals surface area contributed by atoms with Crippen LogP contribution in [-0.2, 0) is 13.1 Å². The third-order valence-corrected chi connectivity index (χ3v) is 4.21. The summed E-state index contributed by atoms with van der Waals surface area (Å²) in [4.78, 5) is 4.46. The summed E-state index contributed by atoms with van der Waals surface area (Å²) in [5, 5.41) is 5.95. The number of alkyl halides is 2. The molecule has 0 amide bonds. The summed E-state index contributed by atoms with van der Waals surface area (Å²) in [6, 6.07) is 7.29. The van der Waals surface area contributed by atoms with Crippen LogP contribution in [0.3, 0.4) is 0 Å². The summed E-state index contributed by atoms with van der Waals surface area (Å²) in [5.41, 5.74) is 0.750. The summed E-state index contributed by atoms with van der Waals surface area (Å²) in [5.74, 6) is 0.917. The third kappa shape index (κ3) is 7.53. The molecule has 0 saturated heterocycles. The maximum absolute atomic E-state index is 14.2. The minimum absolute atomic E-state index is 0. The Morgan fingerprint density at radius 3 is 2.19 bits per heavy atom. The molecule has 2 N–H and O–H groups in total. The number of rotatable bonds is 10. The van der Waals surface area contributed by atoms with Gasteiger partial charge in [-0.1, -0.05) is 6.07 Å². The zero-order valence-corrected chi connectivity index (χ0v) is 20.5. The zero-order valence-electron chi connectivity index (χ0n) is 18.2. The smallest absolute Gasteiger partial charge is 0.387 e. The largest absolute Gasteiger partial charge is 0.493 e. The highest BCUT2D eigenvalue weighted by Crippen LogP contribution is 2.38. The second-order valence-electron chi connectivity index (χ2n) is 6.18. The number of hydrogen-bond donors (Lipinski definition) is 2. The molecule has 11 heteroatoms. The van der Waals surface area contributed by atoms with E-state index in [0.717, 1.165) is 5.56 Å². The minimum Gasteiger partial charge on any atom is -0.493 e. The van der Waals surface area contributed by atoms with Crippen LogP contribution >= 0.6 is 24.0 Å². The molecule has 0 spiro atoms. The van der Waals surface area contributed by atoms with Crippen LogP contribution in [0, 0.1) is 5.82 Å². The predicted octanol–water partition coefficient (Wildman–Crippen LogP) is 4.33. The standard InChI is InChI=1S/C21H26F3N3O4.HI/c1-5-25-21(27-12-14-15(22)7-6-8-16(14)31-20(23)24)26-11-13-9-17(28-2)19(30-4)18(10-13)29-3;/h6-10,20H,5,11-12H2,1-4H3,(H2,25,26,27);1H. The molecule has 0 radical (unpaired) electrons. The molecule has 0 bridgehead atoms. The molecule has 2 rings (SSSR count). The van der Waals surface area contributed by atoms with Crippen molar-refractivity contribution in [1.29, 1.82) is 0 Å². The van der Waals surface area contributed by atoms with Crippen LogP contribution in [0.25, 0.3) is 0 Å². The Hall–Kier alpha value is -2.57. The molecule has 32 heavy (non-hydrogen) atoms. The van der Waals surface area contributed by atoms with E-state index in [1.54, 1.807) is 12.1 Å². The van der Waals surface area contributed by atoms with Gasteiger partial charge in [0.25, 0.3) is 0 Å². The minimum atomic E-state index is -3.05. The molecule has 2 aromatic rings. The van der Waals surface area contributed by atoms with Crippen molar-refractivity contribution in [2.75, 3.05) is 27.9 Å². The number of halogens is 4. The zero-order chi connectivity index (χ0) is 22.8. The van der Waals surface area contributed by atoms with E-state index in [2.05, 4.69) is 20.4 Å². The van der Waals surface area contributed by atoms with Crippen LogP contribution in [0.1, 0.15) is 18.1 Å².